The predicted octanol–water partition coefficient (Wildman–Crippen LogP) is 1.58. The van der Waals surface area contributed by atoms with Gasteiger partial charge in [-0.1, -0.05) is 24.3 Å². The third-order valence-electron chi connectivity index (χ3n) is 3.63. The van der Waals surface area contributed by atoms with Crippen LogP contribution < -0.4 is 11.1 Å². The number of carbonyl (C=O) groups excluding carboxylic acids is 2. The third-order valence-corrected chi connectivity index (χ3v) is 3.63. The molecule has 0 aromatic heterocycles. The molecule has 0 saturated carbocycles. The van der Waals surface area contributed by atoms with Gasteiger partial charge in [-0.05, 0) is 31.4 Å². The fraction of sp³-hybridized carbons (Fsp3) is 0.500. The van der Waals surface area contributed by atoms with E-state index < -0.39 is 5.54 Å². The summed E-state index contributed by atoms with van der Waals surface area (Å²) in [5.74, 6) is -0.0593. The molecule has 0 bridgehead atoms. The molecule has 0 spiro atoms. The highest BCUT2D eigenvalue weighted by Crippen LogP contribution is 2.22. The minimum atomic E-state index is -0.874. The molecule has 0 aliphatic carbocycles. The number of benzene rings is 1. The largest absolute Gasteiger partial charge is 0.355 e. The highest BCUT2D eigenvalue weighted by Gasteiger charge is 2.23. The highest BCUT2D eigenvalue weighted by atomic mass is 35.5. The lowest BCUT2D eigenvalue weighted by atomic mass is 10.1. The third kappa shape index (κ3) is 4.71. The SMILES string of the molecule is CC(C)(N)C(=O)NCCCC(=O)N1Cc2ccccc2C1.Cl. The lowest BCUT2D eigenvalue weighted by Crippen LogP contribution is -2.49. The molecule has 0 saturated heterocycles. The van der Waals surface area contributed by atoms with Gasteiger partial charge in [0.05, 0.1) is 5.54 Å². The molecule has 1 aromatic carbocycles. The maximum absolute atomic E-state index is 12.1. The number of fused-ring (bicyclic) bond motifs is 1. The van der Waals surface area contributed by atoms with Crippen molar-refractivity contribution in [3.05, 3.63) is 35.4 Å². The van der Waals surface area contributed by atoms with Crippen LogP contribution in [0, 0.1) is 0 Å². The first kappa shape index (κ1) is 18.5. The van der Waals surface area contributed by atoms with Crippen molar-refractivity contribution in [3.8, 4) is 0 Å². The van der Waals surface area contributed by atoms with Gasteiger partial charge < -0.3 is 16.0 Å². The predicted molar refractivity (Wildman–Crippen MR) is 88.5 cm³/mol. The fourth-order valence-corrected chi connectivity index (χ4v) is 2.34. The van der Waals surface area contributed by atoms with Crippen LogP contribution in [0.2, 0.25) is 0 Å². The minimum absolute atomic E-state index is 0. The van der Waals surface area contributed by atoms with Gasteiger partial charge in [0.2, 0.25) is 11.8 Å². The lowest BCUT2D eigenvalue weighted by molar-refractivity contribution is -0.132. The second-order valence-electron chi connectivity index (χ2n) is 6.10. The Morgan fingerprint density at radius 1 is 1.23 bits per heavy atom. The average Bonchev–Trinajstić information content (AvgIpc) is 2.86. The number of hydrogen-bond acceptors (Lipinski definition) is 3. The quantitative estimate of drug-likeness (QED) is 0.807. The van der Waals surface area contributed by atoms with E-state index in [1.54, 1.807) is 13.8 Å². The van der Waals surface area contributed by atoms with E-state index in [-0.39, 0.29) is 24.2 Å². The molecule has 1 aromatic rings. The number of rotatable bonds is 5. The Kier molecular flexibility index (Phi) is 6.38. The van der Waals surface area contributed by atoms with E-state index >= 15 is 0 Å². The van der Waals surface area contributed by atoms with Gasteiger partial charge in [-0.3, -0.25) is 9.59 Å². The Morgan fingerprint density at radius 2 is 1.77 bits per heavy atom. The van der Waals surface area contributed by atoms with E-state index in [9.17, 15) is 9.59 Å². The zero-order chi connectivity index (χ0) is 15.5. The molecule has 0 atom stereocenters. The molecular formula is C16H24ClN3O2. The minimum Gasteiger partial charge on any atom is -0.355 e. The summed E-state index contributed by atoms with van der Waals surface area (Å²) in [6.07, 6.45) is 1.08. The van der Waals surface area contributed by atoms with E-state index in [1.165, 1.54) is 11.1 Å². The Morgan fingerprint density at radius 3 is 2.27 bits per heavy atom. The topological polar surface area (TPSA) is 75.4 Å². The number of nitrogens with one attached hydrogen (secondary N) is 1. The van der Waals surface area contributed by atoms with Crippen LogP contribution in [0.3, 0.4) is 0 Å². The fourth-order valence-electron chi connectivity index (χ4n) is 2.34. The van der Waals surface area contributed by atoms with Crippen molar-refractivity contribution < 1.29 is 9.59 Å². The molecule has 22 heavy (non-hydrogen) atoms. The molecule has 6 heteroatoms. The normalized spacial score (nSPS) is 13.3. The smallest absolute Gasteiger partial charge is 0.239 e. The standard InChI is InChI=1S/C16H23N3O2.ClH/c1-16(2,17)15(21)18-9-5-8-14(20)19-10-12-6-3-4-7-13(12)11-19;/h3-4,6-7H,5,8-11,17H2,1-2H3,(H,18,21);1H. The summed E-state index contributed by atoms with van der Waals surface area (Å²) in [6, 6.07) is 8.12. The van der Waals surface area contributed by atoms with E-state index in [0.29, 0.717) is 32.5 Å². The van der Waals surface area contributed by atoms with Crippen LogP contribution in [-0.2, 0) is 22.7 Å². The first-order valence-corrected chi connectivity index (χ1v) is 7.29. The Balaban J connectivity index is 0.00000242. The molecule has 0 unspecified atom stereocenters. The number of halogens is 1. The van der Waals surface area contributed by atoms with Crippen molar-refractivity contribution in [2.24, 2.45) is 5.73 Å². The summed E-state index contributed by atoms with van der Waals surface area (Å²) in [6.45, 7) is 5.18. The zero-order valence-electron chi connectivity index (χ0n) is 13.1. The van der Waals surface area contributed by atoms with E-state index in [4.69, 9.17) is 5.73 Å². The maximum Gasteiger partial charge on any atom is 0.239 e. The van der Waals surface area contributed by atoms with E-state index in [1.807, 2.05) is 17.0 Å². The number of amides is 2. The first-order chi connectivity index (χ1) is 9.88. The van der Waals surface area contributed by atoms with E-state index in [0.717, 1.165) is 0 Å². The summed E-state index contributed by atoms with van der Waals surface area (Å²) >= 11 is 0. The molecule has 1 aliphatic rings. The Hall–Kier alpha value is -1.59. The summed E-state index contributed by atoms with van der Waals surface area (Å²) in [7, 11) is 0. The molecule has 2 rings (SSSR count). The van der Waals surface area contributed by atoms with Crippen molar-refractivity contribution in [2.75, 3.05) is 6.54 Å². The van der Waals surface area contributed by atoms with Gasteiger partial charge in [-0.15, -0.1) is 12.4 Å². The van der Waals surface area contributed by atoms with Crippen LogP contribution in [0.25, 0.3) is 0 Å². The van der Waals surface area contributed by atoms with Crippen molar-refractivity contribution in [3.63, 3.8) is 0 Å². The van der Waals surface area contributed by atoms with Gasteiger partial charge in [0.1, 0.15) is 0 Å². The monoisotopic (exact) mass is 325 g/mol. The average molecular weight is 326 g/mol. The second-order valence-corrected chi connectivity index (χ2v) is 6.10. The summed E-state index contributed by atoms with van der Waals surface area (Å²) in [5, 5.41) is 2.75. The van der Waals surface area contributed by atoms with Crippen molar-refractivity contribution in [2.45, 2.75) is 45.3 Å². The number of carbonyl (C=O) groups is 2. The molecule has 2 amide bonds. The van der Waals surface area contributed by atoms with Crippen molar-refractivity contribution in [1.82, 2.24) is 10.2 Å². The van der Waals surface area contributed by atoms with Crippen LogP contribution >= 0.6 is 12.4 Å². The van der Waals surface area contributed by atoms with Gasteiger partial charge in [0.15, 0.2) is 0 Å². The van der Waals surface area contributed by atoms with Crippen LogP contribution in [0.1, 0.15) is 37.8 Å². The first-order valence-electron chi connectivity index (χ1n) is 7.29. The van der Waals surface area contributed by atoms with Crippen LogP contribution in [0.15, 0.2) is 24.3 Å². The van der Waals surface area contributed by atoms with Crippen LogP contribution in [0.4, 0.5) is 0 Å². The van der Waals surface area contributed by atoms with E-state index in [2.05, 4.69) is 17.4 Å². The number of nitrogens with two attached hydrogens (primary N) is 1. The van der Waals surface area contributed by atoms with Gasteiger partial charge in [0.25, 0.3) is 0 Å². The second kappa shape index (κ2) is 7.61. The number of nitrogens with zero attached hydrogens (tertiary/aromatic N) is 1. The Labute approximate surface area is 137 Å². The summed E-state index contributed by atoms with van der Waals surface area (Å²) < 4.78 is 0. The summed E-state index contributed by atoms with van der Waals surface area (Å²) in [4.78, 5) is 25.6. The molecule has 3 N–H and O–H groups in total. The lowest BCUT2D eigenvalue weighted by Gasteiger charge is -2.18. The van der Waals surface area contributed by atoms with Crippen LogP contribution in [0.5, 0.6) is 0 Å². The molecule has 1 aliphatic heterocycles. The van der Waals surface area contributed by atoms with Gasteiger partial charge >= 0.3 is 0 Å². The van der Waals surface area contributed by atoms with Gasteiger partial charge in [-0.2, -0.15) is 0 Å². The Bertz CT molecular complexity index is 515. The van der Waals surface area contributed by atoms with Crippen molar-refractivity contribution in [1.29, 1.82) is 0 Å². The molecule has 0 fully saturated rings. The molecule has 5 nitrogen and oxygen atoms in total. The zero-order valence-corrected chi connectivity index (χ0v) is 13.9. The molecular weight excluding hydrogens is 302 g/mol. The van der Waals surface area contributed by atoms with Gasteiger partial charge in [0, 0.05) is 26.1 Å². The number of hydrogen-bond donors (Lipinski definition) is 2. The van der Waals surface area contributed by atoms with Crippen LogP contribution in [-0.4, -0.2) is 28.8 Å². The maximum atomic E-state index is 12.1. The molecule has 122 valence electrons. The van der Waals surface area contributed by atoms with Gasteiger partial charge in [-0.25, -0.2) is 0 Å². The highest BCUT2D eigenvalue weighted by molar-refractivity contribution is 5.85. The molecule has 1 heterocycles. The summed E-state index contributed by atoms with van der Waals surface area (Å²) in [5.41, 5.74) is 7.26. The molecule has 0 radical (unpaired) electrons. The van der Waals surface area contributed by atoms with Crippen molar-refractivity contribution >= 4 is 24.2 Å².